The van der Waals surface area contributed by atoms with Crippen LogP contribution >= 0.6 is 11.6 Å². The lowest BCUT2D eigenvalue weighted by Gasteiger charge is -2.30. The van der Waals surface area contributed by atoms with E-state index in [4.69, 9.17) is 17.4 Å². The molecule has 3 nitrogen and oxygen atoms in total. The largest absolute Gasteiger partial charge is 0.235 e. The molecule has 16 heavy (non-hydrogen) atoms. The van der Waals surface area contributed by atoms with Crippen molar-refractivity contribution in [2.75, 3.05) is 13.1 Å². The molecule has 1 fully saturated rings. The Labute approximate surface area is 99.6 Å². The van der Waals surface area contributed by atoms with E-state index in [1.165, 1.54) is 18.9 Å². The second-order valence-corrected chi connectivity index (χ2v) is 4.72. The van der Waals surface area contributed by atoms with Gasteiger partial charge in [-0.05, 0) is 25.7 Å². The van der Waals surface area contributed by atoms with Crippen molar-refractivity contribution in [3.8, 4) is 0 Å². The molecule has 5 heteroatoms. The zero-order chi connectivity index (χ0) is 11.6. The molecule has 1 saturated heterocycles. The third kappa shape index (κ3) is 2.34. The predicted octanol–water partition coefficient (Wildman–Crippen LogP) is 2.63. The zero-order valence-corrected chi connectivity index (χ0v) is 9.88. The van der Waals surface area contributed by atoms with Crippen LogP contribution in [0.2, 0.25) is 5.15 Å². The number of nitrogens with two attached hydrogens (primary N) is 1. The highest BCUT2D eigenvalue weighted by Crippen LogP contribution is 2.25. The molecule has 0 radical (unpaired) electrons. The second kappa shape index (κ2) is 4.65. The van der Waals surface area contributed by atoms with Crippen LogP contribution in [0.25, 0.3) is 0 Å². The number of quaternary nitrogens is 1. The Morgan fingerprint density at radius 1 is 1.25 bits per heavy atom. The van der Waals surface area contributed by atoms with E-state index in [1.807, 2.05) is 0 Å². The predicted molar refractivity (Wildman–Crippen MR) is 63.4 cm³/mol. The van der Waals surface area contributed by atoms with Crippen LogP contribution in [0.5, 0.6) is 0 Å². The standard InChI is InChI=1S/C11H16ClFN3/c12-11-10(13)7-9(8-15-11)16(14)5-3-1-2-4-6-16/h7-8H,1-6,14H2/q+1. The van der Waals surface area contributed by atoms with Gasteiger partial charge in [-0.1, -0.05) is 11.6 Å². The fourth-order valence-electron chi connectivity index (χ4n) is 2.17. The number of hydrogen-bond donors (Lipinski definition) is 1. The van der Waals surface area contributed by atoms with Crippen molar-refractivity contribution in [2.45, 2.75) is 25.7 Å². The van der Waals surface area contributed by atoms with Crippen molar-refractivity contribution in [3.05, 3.63) is 23.2 Å². The lowest BCUT2D eigenvalue weighted by Crippen LogP contribution is -2.56. The molecule has 0 bridgehead atoms. The van der Waals surface area contributed by atoms with Crippen molar-refractivity contribution in [1.29, 1.82) is 0 Å². The summed E-state index contributed by atoms with van der Waals surface area (Å²) >= 11 is 5.56. The minimum Gasteiger partial charge on any atom is -0.235 e. The number of aromatic nitrogens is 1. The first-order valence-corrected chi connectivity index (χ1v) is 5.97. The second-order valence-electron chi connectivity index (χ2n) is 4.36. The van der Waals surface area contributed by atoms with Gasteiger partial charge in [0.2, 0.25) is 0 Å². The van der Waals surface area contributed by atoms with Crippen LogP contribution in [0.15, 0.2) is 12.3 Å². The average Bonchev–Trinajstić information content (AvgIpc) is 2.48. The highest BCUT2D eigenvalue weighted by atomic mass is 35.5. The first-order chi connectivity index (χ1) is 7.62. The third-order valence-electron chi connectivity index (χ3n) is 3.16. The zero-order valence-electron chi connectivity index (χ0n) is 9.13. The normalized spacial score (nSPS) is 20.4. The average molecular weight is 245 g/mol. The van der Waals surface area contributed by atoms with E-state index >= 15 is 0 Å². The molecule has 2 rings (SSSR count). The molecule has 0 unspecified atom stereocenters. The van der Waals surface area contributed by atoms with E-state index < -0.39 is 5.82 Å². The fraction of sp³-hybridized carbons (Fsp3) is 0.545. The van der Waals surface area contributed by atoms with E-state index in [0.717, 1.165) is 25.9 Å². The molecule has 2 N–H and O–H groups in total. The molecule has 1 aromatic heterocycles. The van der Waals surface area contributed by atoms with Crippen molar-refractivity contribution < 1.29 is 4.39 Å². The van der Waals surface area contributed by atoms with Crippen LogP contribution in [0.4, 0.5) is 10.1 Å². The van der Waals surface area contributed by atoms with Gasteiger partial charge in [0.1, 0.15) is 13.1 Å². The maximum Gasteiger partial charge on any atom is 0.173 e. The summed E-state index contributed by atoms with van der Waals surface area (Å²) in [5.74, 6) is 5.79. The fourth-order valence-corrected chi connectivity index (χ4v) is 2.27. The van der Waals surface area contributed by atoms with Gasteiger partial charge in [-0.3, -0.25) is 0 Å². The number of halogens is 2. The molecular weight excluding hydrogens is 229 g/mol. The van der Waals surface area contributed by atoms with E-state index in [2.05, 4.69) is 4.98 Å². The van der Waals surface area contributed by atoms with Crippen LogP contribution in [0.1, 0.15) is 25.7 Å². The lowest BCUT2D eigenvalue weighted by molar-refractivity contribution is 0.290. The number of hydrogen-bond acceptors (Lipinski definition) is 2. The molecule has 0 atom stereocenters. The van der Waals surface area contributed by atoms with E-state index in [9.17, 15) is 4.39 Å². The van der Waals surface area contributed by atoms with Gasteiger partial charge in [-0.2, -0.15) is 5.84 Å². The molecule has 1 aromatic rings. The Kier molecular flexibility index (Phi) is 3.42. The maximum absolute atomic E-state index is 13.3. The van der Waals surface area contributed by atoms with Gasteiger partial charge in [0.15, 0.2) is 16.7 Å². The minimum absolute atomic E-state index is 0.0924. The highest BCUT2D eigenvalue weighted by Gasteiger charge is 2.29. The van der Waals surface area contributed by atoms with Gasteiger partial charge >= 0.3 is 0 Å². The van der Waals surface area contributed by atoms with Crippen LogP contribution in [-0.4, -0.2) is 18.1 Å². The van der Waals surface area contributed by atoms with Crippen molar-refractivity contribution in [3.63, 3.8) is 0 Å². The molecule has 1 aliphatic heterocycles. The molecule has 0 amide bonds. The van der Waals surface area contributed by atoms with Crippen LogP contribution < -0.4 is 10.4 Å². The Balaban J connectivity index is 2.29. The number of rotatable bonds is 1. The first-order valence-electron chi connectivity index (χ1n) is 5.59. The monoisotopic (exact) mass is 244 g/mol. The summed E-state index contributed by atoms with van der Waals surface area (Å²) in [5.41, 5.74) is 0.712. The summed E-state index contributed by atoms with van der Waals surface area (Å²) in [6, 6.07) is 1.40. The molecule has 0 aromatic carbocycles. The molecule has 88 valence electrons. The smallest absolute Gasteiger partial charge is 0.173 e. The highest BCUT2D eigenvalue weighted by molar-refractivity contribution is 6.29. The summed E-state index contributed by atoms with van der Waals surface area (Å²) in [5, 5.41) is -0.0924. The quantitative estimate of drug-likeness (QED) is 0.469. The topological polar surface area (TPSA) is 38.9 Å². The van der Waals surface area contributed by atoms with Crippen molar-refractivity contribution >= 4 is 17.3 Å². The van der Waals surface area contributed by atoms with Crippen LogP contribution in [0.3, 0.4) is 0 Å². The van der Waals surface area contributed by atoms with Gasteiger partial charge in [-0.15, -0.1) is 0 Å². The van der Waals surface area contributed by atoms with E-state index in [-0.39, 0.29) is 9.75 Å². The Morgan fingerprint density at radius 2 is 1.88 bits per heavy atom. The third-order valence-corrected chi connectivity index (χ3v) is 3.44. The molecule has 1 aliphatic rings. The van der Waals surface area contributed by atoms with Gasteiger partial charge in [0, 0.05) is 6.07 Å². The Bertz CT molecular complexity index is 375. The Hall–Kier alpha value is -0.710. The SMILES string of the molecule is N[N+]1(c2cnc(Cl)c(F)c2)CCCCCC1. The summed E-state index contributed by atoms with van der Waals surface area (Å²) in [6.07, 6.45) is 6.11. The van der Waals surface area contributed by atoms with Gasteiger partial charge in [0.05, 0.1) is 6.20 Å². The van der Waals surface area contributed by atoms with Gasteiger partial charge < -0.3 is 0 Å². The van der Waals surface area contributed by atoms with E-state index in [0.29, 0.717) is 5.69 Å². The number of nitrogens with zero attached hydrogens (tertiary/aromatic N) is 2. The van der Waals surface area contributed by atoms with Crippen molar-refractivity contribution in [1.82, 2.24) is 9.58 Å². The molecule has 0 saturated carbocycles. The van der Waals surface area contributed by atoms with Gasteiger partial charge in [0.25, 0.3) is 0 Å². The van der Waals surface area contributed by atoms with Crippen LogP contribution in [0, 0.1) is 5.82 Å². The van der Waals surface area contributed by atoms with Gasteiger partial charge in [-0.25, -0.2) is 14.0 Å². The Morgan fingerprint density at radius 3 is 2.44 bits per heavy atom. The molecule has 0 spiro atoms. The maximum atomic E-state index is 13.3. The number of pyridine rings is 1. The first kappa shape index (κ1) is 11.8. The lowest BCUT2D eigenvalue weighted by atomic mass is 10.2. The minimum atomic E-state index is -0.494. The van der Waals surface area contributed by atoms with Crippen molar-refractivity contribution in [2.24, 2.45) is 5.84 Å². The summed E-state index contributed by atoms with van der Waals surface area (Å²) in [7, 11) is 0. The molecular formula is C11H16ClFN3+. The summed E-state index contributed by atoms with van der Waals surface area (Å²) in [6.45, 7) is 1.67. The molecule has 0 aliphatic carbocycles. The molecule has 2 heterocycles. The van der Waals surface area contributed by atoms with E-state index in [1.54, 1.807) is 6.20 Å². The summed E-state index contributed by atoms with van der Waals surface area (Å²) < 4.78 is 13.6. The summed E-state index contributed by atoms with van der Waals surface area (Å²) in [4.78, 5) is 3.82. The van der Waals surface area contributed by atoms with Crippen LogP contribution in [-0.2, 0) is 0 Å².